The number of imidazole rings is 1. The van der Waals surface area contributed by atoms with E-state index in [-0.39, 0.29) is 12.3 Å². The van der Waals surface area contributed by atoms with E-state index in [0.717, 1.165) is 17.8 Å². The average molecular weight is 326 g/mol. The van der Waals surface area contributed by atoms with Crippen molar-refractivity contribution in [3.8, 4) is 0 Å². The number of nitrogen functional groups attached to an aromatic ring is 1. The molecule has 0 aromatic carbocycles. The van der Waals surface area contributed by atoms with Crippen LogP contribution in [0.3, 0.4) is 0 Å². The summed E-state index contributed by atoms with van der Waals surface area (Å²) in [5.41, 5.74) is 15.6. The molecule has 128 valence electrons. The average Bonchev–Trinajstić information content (AvgIpc) is 2.74. The van der Waals surface area contributed by atoms with Crippen LogP contribution in [0.15, 0.2) is 29.9 Å². The summed E-state index contributed by atoms with van der Waals surface area (Å²) in [6, 6.07) is 0. The van der Waals surface area contributed by atoms with Gasteiger partial charge in [-0.25, -0.2) is 4.98 Å². The number of rotatable bonds is 5. The standard InChI is InChI=1S/C19H26N4O/c1-13(14-5-3-2-4-6-14)15-7-9-16-17(10-8-15)23(19(21)22-16)12-11-18(20)24/h7-8,10,14H,1-6,9,11-12H2,(H2,20,24)(H2,21,22). The van der Waals surface area contributed by atoms with Crippen molar-refractivity contribution in [2.45, 2.75) is 51.5 Å². The van der Waals surface area contributed by atoms with Gasteiger partial charge in [0.1, 0.15) is 0 Å². The van der Waals surface area contributed by atoms with Crippen molar-refractivity contribution in [3.05, 3.63) is 41.3 Å². The molecule has 24 heavy (non-hydrogen) atoms. The van der Waals surface area contributed by atoms with Crippen LogP contribution in [0.4, 0.5) is 5.95 Å². The van der Waals surface area contributed by atoms with Gasteiger partial charge < -0.3 is 16.0 Å². The van der Waals surface area contributed by atoms with Gasteiger partial charge in [0.15, 0.2) is 0 Å². The fourth-order valence-electron chi connectivity index (χ4n) is 3.70. The first-order valence-corrected chi connectivity index (χ1v) is 8.77. The molecular formula is C19H26N4O. The number of nitrogens with two attached hydrogens (primary N) is 2. The molecule has 2 aliphatic rings. The number of nitrogens with zero attached hydrogens (tertiary/aromatic N) is 2. The smallest absolute Gasteiger partial charge is 0.219 e. The zero-order valence-corrected chi connectivity index (χ0v) is 14.1. The second-order valence-corrected chi connectivity index (χ2v) is 6.73. The number of anilines is 1. The molecule has 0 saturated heterocycles. The SMILES string of the molecule is C=C(C1=CCc2nc(N)n(CCC(N)=O)c2C=C1)C1CCCCC1. The van der Waals surface area contributed by atoms with E-state index in [4.69, 9.17) is 11.5 Å². The van der Waals surface area contributed by atoms with Crippen molar-refractivity contribution < 1.29 is 4.79 Å². The van der Waals surface area contributed by atoms with Gasteiger partial charge in [0, 0.05) is 19.4 Å². The van der Waals surface area contributed by atoms with E-state index in [1.54, 1.807) is 0 Å². The Bertz CT molecular complexity index is 705. The Labute approximate surface area is 143 Å². The Hall–Kier alpha value is -2.30. The van der Waals surface area contributed by atoms with Crippen LogP contribution < -0.4 is 11.5 Å². The van der Waals surface area contributed by atoms with Gasteiger partial charge in [-0.1, -0.05) is 38.0 Å². The molecular weight excluding hydrogens is 300 g/mol. The van der Waals surface area contributed by atoms with Gasteiger partial charge in [-0.05, 0) is 36.0 Å². The molecule has 1 heterocycles. The summed E-state index contributed by atoms with van der Waals surface area (Å²) in [7, 11) is 0. The van der Waals surface area contributed by atoms with E-state index in [2.05, 4.69) is 23.7 Å². The lowest BCUT2D eigenvalue weighted by molar-refractivity contribution is -0.118. The zero-order chi connectivity index (χ0) is 17.1. The maximum Gasteiger partial charge on any atom is 0.219 e. The normalized spacial score (nSPS) is 17.9. The molecule has 1 saturated carbocycles. The molecule has 4 N–H and O–H groups in total. The van der Waals surface area contributed by atoms with Gasteiger partial charge in [-0.3, -0.25) is 4.79 Å². The van der Waals surface area contributed by atoms with Crippen molar-refractivity contribution in [1.29, 1.82) is 0 Å². The van der Waals surface area contributed by atoms with Gasteiger partial charge in [0.2, 0.25) is 11.9 Å². The maximum atomic E-state index is 11.1. The van der Waals surface area contributed by atoms with Crippen molar-refractivity contribution in [1.82, 2.24) is 9.55 Å². The van der Waals surface area contributed by atoms with E-state index in [1.807, 2.05) is 10.6 Å². The third-order valence-corrected chi connectivity index (χ3v) is 5.10. The number of primary amides is 1. The van der Waals surface area contributed by atoms with E-state index in [0.29, 0.717) is 18.4 Å². The molecule has 2 aliphatic carbocycles. The van der Waals surface area contributed by atoms with Crippen molar-refractivity contribution in [2.24, 2.45) is 11.7 Å². The summed E-state index contributed by atoms with van der Waals surface area (Å²) in [4.78, 5) is 15.5. The molecule has 1 amide bonds. The fraction of sp³-hybridized carbons (Fsp3) is 0.474. The van der Waals surface area contributed by atoms with Gasteiger partial charge in [-0.2, -0.15) is 0 Å². The first kappa shape index (κ1) is 16.6. The monoisotopic (exact) mass is 326 g/mol. The second-order valence-electron chi connectivity index (χ2n) is 6.73. The summed E-state index contributed by atoms with van der Waals surface area (Å²) < 4.78 is 1.87. The quantitative estimate of drug-likeness (QED) is 0.872. The summed E-state index contributed by atoms with van der Waals surface area (Å²) in [6.07, 6.45) is 13.8. The fourth-order valence-corrected chi connectivity index (χ4v) is 3.70. The number of carbonyl (C=O) groups excluding carboxylic acids is 1. The summed E-state index contributed by atoms with van der Waals surface area (Å²) in [5, 5.41) is 0. The van der Waals surface area contributed by atoms with E-state index in [1.165, 1.54) is 43.3 Å². The van der Waals surface area contributed by atoms with Crippen LogP contribution in [0, 0.1) is 5.92 Å². The minimum atomic E-state index is -0.334. The third-order valence-electron chi connectivity index (χ3n) is 5.10. The van der Waals surface area contributed by atoms with Crippen LogP contribution in [0.25, 0.3) is 6.08 Å². The zero-order valence-electron chi connectivity index (χ0n) is 14.1. The molecule has 3 rings (SSSR count). The number of amides is 1. The Kier molecular flexibility index (Phi) is 4.88. The predicted octanol–water partition coefficient (Wildman–Crippen LogP) is 2.97. The van der Waals surface area contributed by atoms with Crippen molar-refractivity contribution >= 4 is 17.9 Å². The Morgan fingerprint density at radius 2 is 2.04 bits per heavy atom. The van der Waals surface area contributed by atoms with Gasteiger partial charge in [0.25, 0.3) is 0 Å². The van der Waals surface area contributed by atoms with Gasteiger partial charge in [0.05, 0.1) is 11.4 Å². The minimum absolute atomic E-state index is 0.260. The molecule has 0 aliphatic heterocycles. The number of hydrogen-bond acceptors (Lipinski definition) is 3. The molecule has 0 spiro atoms. The summed E-state index contributed by atoms with van der Waals surface area (Å²) in [5.74, 6) is 0.704. The lowest BCUT2D eigenvalue weighted by atomic mass is 9.81. The Morgan fingerprint density at radius 1 is 1.29 bits per heavy atom. The Balaban J connectivity index is 1.79. The molecule has 0 radical (unpaired) electrons. The molecule has 5 heteroatoms. The lowest BCUT2D eigenvalue weighted by Crippen LogP contribution is -2.15. The third kappa shape index (κ3) is 3.45. The van der Waals surface area contributed by atoms with Gasteiger partial charge >= 0.3 is 0 Å². The number of aromatic nitrogens is 2. The molecule has 5 nitrogen and oxygen atoms in total. The molecule has 1 fully saturated rings. The topological polar surface area (TPSA) is 86.9 Å². The molecule has 0 unspecified atom stereocenters. The van der Waals surface area contributed by atoms with Crippen LogP contribution in [-0.2, 0) is 17.8 Å². The minimum Gasteiger partial charge on any atom is -0.370 e. The lowest BCUT2D eigenvalue weighted by Gasteiger charge is -2.24. The highest BCUT2D eigenvalue weighted by atomic mass is 16.1. The first-order valence-electron chi connectivity index (χ1n) is 8.77. The highest BCUT2D eigenvalue weighted by molar-refractivity contribution is 5.73. The highest BCUT2D eigenvalue weighted by Crippen LogP contribution is 2.34. The van der Waals surface area contributed by atoms with Crippen LogP contribution in [0.5, 0.6) is 0 Å². The molecule has 0 bridgehead atoms. The number of fused-ring (bicyclic) bond motifs is 1. The van der Waals surface area contributed by atoms with E-state index in [9.17, 15) is 4.79 Å². The van der Waals surface area contributed by atoms with Crippen molar-refractivity contribution in [3.63, 3.8) is 0 Å². The van der Waals surface area contributed by atoms with Crippen LogP contribution in [-0.4, -0.2) is 15.5 Å². The molecule has 0 atom stereocenters. The largest absolute Gasteiger partial charge is 0.370 e. The number of hydrogen-bond donors (Lipinski definition) is 2. The Morgan fingerprint density at radius 3 is 2.75 bits per heavy atom. The predicted molar refractivity (Wildman–Crippen MR) is 97.0 cm³/mol. The molecule has 1 aromatic rings. The number of carbonyl (C=O) groups is 1. The first-order chi connectivity index (χ1) is 11.6. The van der Waals surface area contributed by atoms with E-state index < -0.39 is 0 Å². The second kappa shape index (κ2) is 7.07. The van der Waals surface area contributed by atoms with E-state index >= 15 is 0 Å². The summed E-state index contributed by atoms with van der Waals surface area (Å²) >= 11 is 0. The number of allylic oxidation sites excluding steroid dienone is 4. The van der Waals surface area contributed by atoms with Crippen LogP contribution >= 0.6 is 0 Å². The van der Waals surface area contributed by atoms with Crippen LogP contribution in [0.2, 0.25) is 0 Å². The highest BCUT2D eigenvalue weighted by Gasteiger charge is 2.20. The van der Waals surface area contributed by atoms with Crippen LogP contribution in [0.1, 0.15) is 49.9 Å². The molecule has 1 aromatic heterocycles. The summed E-state index contributed by atoms with van der Waals surface area (Å²) in [6.45, 7) is 4.82. The maximum absolute atomic E-state index is 11.1. The van der Waals surface area contributed by atoms with Crippen molar-refractivity contribution in [2.75, 3.05) is 5.73 Å². The van der Waals surface area contributed by atoms with Gasteiger partial charge in [-0.15, -0.1) is 0 Å².